The summed E-state index contributed by atoms with van der Waals surface area (Å²) in [6.07, 6.45) is 0.252. The molecule has 0 radical (unpaired) electrons. The van der Waals surface area contributed by atoms with Crippen molar-refractivity contribution in [3.05, 3.63) is 0 Å². The first-order chi connectivity index (χ1) is 7.16. The van der Waals surface area contributed by atoms with Crippen molar-refractivity contribution in [2.75, 3.05) is 0 Å². The van der Waals surface area contributed by atoms with Crippen molar-refractivity contribution in [2.24, 2.45) is 0 Å². The second-order valence-electron chi connectivity index (χ2n) is 5.88. The van der Waals surface area contributed by atoms with Crippen LogP contribution in [-0.4, -0.2) is 19.7 Å². The molecule has 0 N–H and O–H groups in total. The Morgan fingerprint density at radius 2 is 1.06 bits per heavy atom. The zero-order chi connectivity index (χ0) is 13.1. The lowest BCUT2D eigenvalue weighted by Gasteiger charge is -2.44. The summed E-state index contributed by atoms with van der Waals surface area (Å²) in [6.45, 7) is 18.2. The molecule has 0 aliphatic heterocycles. The summed E-state index contributed by atoms with van der Waals surface area (Å²) < 4.78 is 6.55. The molecular formula is C13H30OSSi. The van der Waals surface area contributed by atoms with E-state index in [1.165, 1.54) is 0 Å². The molecule has 0 aromatic carbocycles. The quantitative estimate of drug-likeness (QED) is 0.530. The van der Waals surface area contributed by atoms with E-state index < -0.39 is 8.32 Å². The van der Waals surface area contributed by atoms with Crippen LogP contribution in [0.2, 0.25) is 16.6 Å². The van der Waals surface area contributed by atoms with Crippen LogP contribution >= 0.6 is 12.6 Å². The average molecular weight is 263 g/mol. The van der Waals surface area contributed by atoms with E-state index in [1.54, 1.807) is 0 Å². The maximum atomic E-state index is 6.55. The highest BCUT2D eigenvalue weighted by Crippen LogP contribution is 2.43. The molecule has 0 unspecified atom stereocenters. The van der Waals surface area contributed by atoms with Crippen LogP contribution in [0.5, 0.6) is 0 Å². The highest BCUT2D eigenvalue weighted by atomic mass is 32.1. The van der Waals surface area contributed by atoms with Gasteiger partial charge in [0.2, 0.25) is 8.32 Å². The lowest BCUT2D eigenvalue weighted by molar-refractivity contribution is 0.193. The number of thiol groups is 1. The van der Waals surface area contributed by atoms with Crippen LogP contribution in [0.15, 0.2) is 0 Å². The van der Waals surface area contributed by atoms with Crippen molar-refractivity contribution in [3.8, 4) is 0 Å². The van der Waals surface area contributed by atoms with Crippen LogP contribution in [0.25, 0.3) is 0 Å². The van der Waals surface area contributed by atoms with Crippen LogP contribution in [0.3, 0.4) is 0 Å². The molecule has 0 amide bonds. The summed E-state index contributed by atoms with van der Waals surface area (Å²) in [5.74, 6) is 0. The normalized spacial score (nSPS) is 17.2. The predicted molar refractivity (Wildman–Crippen MR) is 80.0 cm³/mol. The molecule has 0 aromatic heterocycles. The molecule has 0 saturated carbocycles. The van der Waals surface area contributed by atoms with Gasteiger partial charge in [-0.1, -0.05) is 48.5 Å². The van der Waals surface area contributed by atoms with E-state index >= 15 is 0 Å². The van der Waals surface area contributed by atoms with Gasteiger partial charge in [-0.3, -0.25) is 0 Å². The molecule has 3 heteroatoms. The SMILES string of the molecule is CC(C)[Si](O[C@@H](C)[C@@H](C)S)(C(C)C)C(C)C. The van der Waals surface area contributed by atoms with E-state index in [0.717, 1.165) is 0 Å². The lowest BCUT2D eigenvalue weighted by Crippen LogP contribution is -2.50. The fraction of sp³-hybridized carbons (Fsp3) is 1.00. The first-order valence-electron chi connectivity index (χ1n) is 6.52. The van der Waals surface area contributed by atoms with E-state index in [-0.39, 0.29) is 6.10 Å². The van der Waals surface area contributed by atoms with Gasteiger partial charge in [-0.05, 0) is 23.5 Å². The maximum Gasteiger partial charge on any atom is 0.200 e. The topological polar surface area (TPSA) is 9.23 Å². The van der Waals surface area contributed by atoms with E-state index in [9.17, 15) is 0 Å². The van der Waals surface area contributed by atoms with Crippen LogP contribution in [0.4, 0.5) is 0 Å². The van der Waals surface area contributed by atoms with Crippen molar-refractivity contribution >= 4 is 20.9 Å². The fourth-order valence-electron chi connectivity index (χ4n) is 2.83. The van der Waals surface area contributed by atoms with Gasteiger partial charge in [0, 0.05) is 5.25 Å². The molecule has 0 aliphatic rings. The summed E-state index contributed by atoms with van der Waals surface area (Å²) in [4.78, 5) is 0. The molecule has 0 rings (SSSR count). The first-order valence-corrected chi connectivity index (χ1v) is 9.17. The summed E-state index contributed by atoms with van der Waals surface area (Å²) in [7, 11) is -1.70. The summed E-state index contributed by atoms with van der Waals surface area (Å²) >= 11 is 4.51. The van der Waals surface area contributed by atoms with Gasteiger partial charge >= 0.3 is 0 Å². The van der Waals surface area contributed by atoms with Gasteiger partial charge in [0.25, 0.3) is 0 Å². The van der Waals surface area contributed by atoms with Gasteiger partial charge in [-0.25, -0.2) is 0 Å². The number of rotatable bonds is 6. The third-order valence-electron chi connectivity index (χ3n) is 3.78. The molecular weight excluding hydrogens is 232 g/mol. The molecule has 0 spiro atoms. The largest absolute Gasteiger partial charge is 0.412 e. The zero-order valence-corrected chi connectivity index (χ0v) is 14.1. The van der Waals surface area contributed by atoms with Gasteiger partial charge in [0.05, 0.1) is 6.10 Å². The average Bonchev–Trinajstić information content (AvgIpc) is 2.11. The van der Waals surface area contributed by atoms with Crippen molar-refractivity contribution in [3.63, 3.8) is 0 Å². The van der Waals surface area contributed by atoms with Gasteiger partial charge in [0.15, 0.2) is 0 Å². The first kappa shape index (κ1) is 16.5. The molecule has 0 bridgehead atoms. The van der Waals surface area contributed by atoms with E-state index in [4.69, 9.17) is 4.43 Å². The van der Waals surface area contributed by atoms with E-state index in [2.05, 4.69) is 68.0 Å². The molecule has 1 nitrogen and oxygen atoms in total. The molecule has 98 valence electrons. The van der Waals surface area contributed by atoms with Crippen LogP contribution < -0.4 is 0 Å². The minimum atomic E-state index is -1.70. The second kappa shape index (κ2) is 6.46. The Labute approximate surface area is 109 Å². The van der Waals surface area contributed by atoms with Gasteiger partial charge in [-0.15, -0.1) is 0 Å². The molecule has 16 heavy (non-hydrogen) atoms. The summed E-state index contributed by atoms with van der Waals surface area (Å²) in [5, 5.41) is 0.308. The van der Waals surface area contributed by atoms with E-state index in [0.29, 0.717) is 21.9 Å². The van der Waals surface area contributed by atoms with Crippen molar-refractivity contribution in [1.29, 1.82) is 0 Å². The van der Waals surface area contributed by atoms with Crippen molar-refractivity contribution < 1.29 is 4.43 Å². The Morgan fingerprint density at radius 1 is 0.750 bits per heavy atom. The Hall–Kier alpha value is 0.527. The molecule has 0 aliphatic carbocycles. The number of hydrogen-bond acceptors (Lipinski definition) is 2. The molecule has 2 atom stereocenters. The van der Waals surface area contributed by atoms with Crippen LogP contribution in [0.1, 0.15) is 55.4 Å². The summed E-state index contributed by atoms with van der Waals surface area (Å²) in [6, 6.07) is 0. The van der Waals surface area contributed by atoms with Crippen LogP contribution in [-0.2, 0) is 4.43 Å². The number of hydrogen-bond donors (Lipinski definition) is 1. The smallest absolute Gasteiger partial charge is 0.200 e. The monoisotopic (exact) mass is 262 g/mol. The molecule has 0 aromatic rings. The minimum absolute atomic E-state index is 0.252. The fourth-order valence-corrected chi connectivity index (χ4v) is 8.67. The van der Waals surface area contributed by atoms with Gasteiger partial charge < -0.3 is 4.43 Å². The standard InChI is InChI=1S/C13H30OSSi/c1-9(2)16(10(3)4,11(5)6)14-12(7)13(8)15/h9-13,15H,1-8H3/t12-,13+/m0/s1. The Bertz CT molecular complexity index is 180. The Morgan fingerprint density at radius 3 is 1.25 bits per heavy atom. The van der Waals surface area contributed by atoms with Gasteiger partial charge in [0.1, 0.15) is 0 Å². The highest BCUT2D eigenvalue weighted by molar-refractivity contribution is 7.81. The molecule has 0 fully saturated rings. The highest BCUT2D eigenvalue weighted by Gasteiger charge is 2.46. The van der Waals surface area contributed by atoms with Crippen LogP contribution in [0, 0.1) is 0 Å². The van der Waals surface area contributed by atoms with Crippen molar-refractivity contribution in [2.45, 2.75) is 83.4 Å². The zero-order valence-electron chi connectivity index (χ0n) is 12.2. The lowest BCUT2D eigenvalue weighted by atomic mass is 10.3. The van der Waals surface area contributed by atoms with Gasteiger partial charge in [-0.2, -0.15) is 12.6 Å². The van der Waals surface area contributed by atoms with E-state index in [1.807, 2.05) is 0 Å². The minimum Gasteiger partial charge on any atom is -0.412 e. The summed E-state index contributed by atoms with van der Waals surface area (Å²) in [5.41, 5.74) is 1.96. The predicted octanol–water partition coefficient (Wildman–Crippen LogP) is 4.89. The third-order valence-corrected chi connectivity index (χ3v) is 10.4. The molecule has 0 saturated heterocycles. The Kier molecular flexibility index (Phi) is 6.67. The Balaban J connectivity index is 5.05. The third kappa shape index (κ3) is 3.51. The second-order valence-corrected chi connectivity index (χ2v) is 12.1. The maximum absolute atomic E-state index is 6.55. The van der Waals surface area contributed by atoms with Crippen molar-refractivity contribution in [1.82, 2.24) is 0 Å². The molecule has 0 heterocycles.